The van der Waals surface area contributed by atoms with E-state index in [-0.39, 0.29) is 0 Å². The minimum atomic E-state index is 0.763. The summed E-state index contributed by atoms with van der Waals surface area (Å²) in [6, 6.07) is 8.19. The fraction of sp³-hybridized carbons (Fsp3) is 0.500. The molecule has 0 saturated heterocycles. The third-order valence-electron chi connectivity index (χ3n) is 5.10. The van der Waals surface area contributed by atoms with Crippen molar-refractivity contribution in [2.24, 2.45) is 11.8 Å². The number of hydrogen-bond donors (Lipinski definition) is 2. The summed E-state index contributed by atoms with van der Waals surface area (Å²) in [7, 11) is 0. The molecule has 2 heterocycles. The first-order chi connectivity index (χ1) is 11.7. The fourth-order valence-corrected chi connectivity index (χ4v) is 3.46. The third-order valence-corrected chi connectivity index (χ3v) is 5.10. The van der Waals surface area contributed by atoms with Crippen LogP contribution in [0.2, 0.25) is 0 Å². The molecule has 0 unspecified atom stereocenters. The lowest BCUT2D eigenvalue weighted by Gasteiger charge is -2.29. The van der Waals surface area contributed by atoms with Gasteiger partial charge in [-0.15, -0.1) is 0 Å². The van der Waals surface area contributed by atoms with Gasteiger partial charge in [-0.3, -0.25) is 0 Å². The number of nitrogens with zero attached hydrogens (tertiary/aromatic N) is 2. The zero-order valence-corrected chi connectivity index (χ0v) is 14.8. The fourth-order valence-electron chi connectivity index (χ4n) is 3.46. The lowest BCUT2D eigenvalue weighted by molar-refractivity contribution is 0.293. The van der Waals surface area contributed by atoms with E-state index < -0.39 is 0 Å². The Morgan fingerprint density at radius 2 is 1.21 bits per heavy atom. The second kappa shape index (κ2) is 8.13. The first kappa shape index (κ1) is 16.7. The molecule has 2 aromatic heterocycles. The Morgan fingerprint density at radius 1 is 0.792 bits per heavy atom. The molecule has 0 amide bonds. The van der Waals surface area contributed by atoms with Crippen LogP contribution in [0.4, 0.5) is 11.6 Å². The number of rotatable bonds is 6. The van der Waals surface area contributed by atoms with E-state index in [1.807, 2.05) is 24.5 Å². The number of anilines is 2. The maximum absolute atomic E-state index is 4.42. The molecule has 24 heavy (non-hydrogen) atoms. The van der Waals surface area contributed by atoms with Crippen LogP contribution in [0.3, 0.4) is 0 Å². The maximum atomic E-state index is 4.42. The van der Waals surface area contributed by atoms with E-state index in [0.29, 0.717) is 0 Å². The van der Waals surface area contributed by atoms with Crippen molar-refractivity contribution in [2.75, 3.05) is 23.7 Å². The zero-order chi connectivity index (χ0) is 16.8. The monoisotopic (exact) mass is 324 g/mol. The Kier molecular flexibility index (Phi) is 5.68. The molecule has 0 aliphatic heterocycles. The van der Waals surface area contributed by atoms with Crippen molar-refractivity contribution >= 4 is 11.6 Å². The van der Waals surface area contributed by atoms with E-state index in [0.717, 1.165) is 36.6 Å². The molecule has 0 spiro atoms. The van der Waals surface area contributed by atoms with Crippen molar-refractivity contribution < 1.29 is 0 Å². The quantitative estimate of drug-likeness (QED) is 0.825. The molecule has 2 aromatic rings. The number of hydrogen-bond acceptors (Lipinski definition) is 4. The summed E-state index contributed by atoms with van der Waals surface area (Å²) in [6.07, 6.45) is 8.91. The molecule has 1 fully saturated rings. The van der Waals surface area contributed by atoms with Crippen molar-refractivity contribution in [3.05, 3.63) is 47.8 Å². The lowest BCUT2D eigenvalue weighted by atomic mass is 9.82. The van der Waals surface area contributed by atoms with Gasteiger partial charge in [0.1, 0.15) is 11.6 Å². The largest absolute Gasteiger partial charge is 0.370 e. The third kappa shape index (κ3) is 4.47. The molecular weight excluding hydrogens is 296 g/mol. The molecule has 1 saturated carbocycles. The average molecular weight is 324 g/mol. The van der Waals surface area contributed by atoms with Gasteiger partial charge in [-0.2, -0.15) is 0 Å². The van der Waals surface area contributed by atoms with E-state index in [1.54, 1.807) is 0 Å². The van der Waals surface area contributed by atoms with Crippen LogP contribution in [0.1, 0.15) is 36.8 Å². The standard InChI is InChI=1S/C20H28N4/c1-15-5-3-11-21-19(15)23-13-17-7-9-18(10-8-17)14-24-20-16(2)6-4-12-22-20/h3-6,11-12,17-18H,7-10,13-14H2,1-2H3,(H,21,23)(H,22,24). The van der Waals surface area contributed by atoms with Gasteiger partial charge in [-0.25, -0.2) is 9.97 Å². The van der Waals surface area contributed by atoms with Crippen LogP contribution in [0.5, 0.6) is 0 Å². The molecule has 128 valence electrons. The summed E-state index contributed by atoms with van der Waals surface area (Å²) < 4.78 is 0. The van der Waals surface area contributed by atoms with Gasteiger partial charge in [0.05, 0.1) is 0 Å². The number of nitrogens with one attached hydrogen (secondary N) is 2. The van der Waals surface area contributed by atoms with Crippen LogP contribution in [0.25, 0.3) is 0 Å². The molecule has 0 bridgehead atoms. The molecule has 0 atom stereocenters. The van der Waals surface area contributed by atoms with Gasteiger partial charge in [0.15, 0.2) is 0 Å². The van der Waals surface area contributed by atoms with Crippen molar-refractivity contribution in [1.29, 1.82) is 0 Å². The van der Waals surface area contributed by atoms with Gasteiger partial charge in [0.25, 0.3) is 0 Å². The first-order valence-corrected chi connectivity index (χ1v) is 9.03. The Morgan fingerprint density at radius 3 is 1.58 bits per heavy atom. The lowest BCUT2D eigenvalue weighted by Crippen LogP contribution is -2.25. The minimum absolute atomic E-state index is 0.763. The van der Waals surface area contributed by atoms with E-state index in [4.69, 9.17) is 0 Å². The summed E-state index contributed by atoms with van der Waals surface area (Å²) in [6.45, 7) is 6.30. The average Bonchev–Trinajstić information content (AvgIpc) is 2.61. The Bertz CT molecular complexity index is 590. The summed E-state index contributed by atoms with van der Waals surface area (Å²) in [5.41, 5.74) is 2.45. The highest BCUT2D eigenvalue weighted by molar-refractivity contribution is 5.43. The van der Waals surface area contributed by atoms with Gasteiger partial charge < -0.3 is 10.6 Å². The predicted octanol–water partition coefficient (Wildman–Crippen LogP) is 4.42. The highest BCUT2D eigenvalue weighted by Gasteiger charge is 2.21. The maximum Gasteiger partial charge on any atom is 0.128 e. The second-order valence-electron chi connectivity index (χ2n) is 6.99. The van der Waals surface area contributed by atoms with Crippen molar-refractivity contribution in [3.63, 3.8) is 0 Å². The topological polar surface area (TPSA) is 49.8 Å². The molecular formula is C20H28N4. The number of aryl methyl sites for hydroxylation is 2. The molecule has 0 radical (unpaired) electrons. The van der Waals surface area contributed by atoms with Gasteiger partial charge in [-0.05, 0) is 74.6 Å². The Labute approximate surface area is 145 Å². The summed E-state index contributed by atoms with van der Waals surface area (Å²) in [5.74, 6) is 3.59. The van der Waals surface area contributed by atoms with Crippen LogP contribution >= 0.6 is 0 Å². The molecule has 1 aliphatic rings. The van der Waals surface area contributed by atoms with E-state index >= 15 is 0 Å². The van der Waals surface area contributed by atoms with Gasteiger partial charge in [0.2, 0.25) is 0 Å². The summed E-state index contributed by atoms with van der Waals surface area (Å²) in [4.78, 5) is 8.84. The predicted molar refractivity (Wildman–Crippen MR) is 100 cm³/mol. The number of pyridine rings is 2. The molecule has 0 aromatic carbocycles. The highest BCUT2D eigenvalue weighted by atomic mass is 15.0. The molecule has 4 heteroatoms. The van der Waals surface area contributed by atoms with Crippen LogP contribution in [-0.2, 0) is 0 Å². The molecule has 3 rings (SSSR count). The van der Waals surface area contributed by atoms with E-state index in [2.05, 4.69) is 46.6 Å². The van der Waals surface area contributed by atoms with Crippen molar-refractivity contribution in [1.82, 2.24) is 9.97 Å². The first-order valence-electron chi connectivity index (χ1n) is 9.03. The van der Waals surface area contributed by atoms with Gasteiger partial charge in [0, 0.05) is 25.5 Å². The summed E-state index contributed by atoms with van der Waals surface area (Å²) >= 11 is 0. The van der Waals surface area contributed by atoms with Gasteiger partial charge in [-0.1, -0.05) is 12.1 Å². The van der Waals surface area contributed by atoms with Crippen LogP contribution in [0.15, 0.2) is 36.7 Å². The minimum Gasteiger partial charge on any atom is -0.370 e. The van der Waals surface area contributed by atoms with Crippen molar-refractivity contribution in [2.45, 2.75) is 39.5 Å². The summed E-state index contributed by atoms with van der Waals surface area (Å²) in [5, 5.41) is 7.05. The zero-order valence-electron chi connectivity index (χ0n) is 14.8. The smallest absolute Gasteiger partial charge is 0.128 e. The van der Waals surface area contributed by atoms with Crippen LogP contribution in [-0.4, -0.2) is 23.1 Å². The van der Waals surface area contributed by atoms with E-state index in [1.165, 1.54) is 36.8 Å². The highest BCUT2D eigenvalue weighted by Crippen LogP contribution is 2.29. The molecule has 2 N–H and O–H groups in total. The SMILES string of the molecule is Cc1cccnc1NCC1CCC(CNc2ncccc2C)CC1. The second-order valence-corrected chi connectivity index (χ2v) is 6.99. The van der Waals surface area contributed by atoms with E-state index in [9.17, 15) is 0 Å². The molecule has 4 nitrogen and oxygen atoms in total. The Balaban J connectivity index is 1.40. The van der Waals surface area contributed by atoms with Crippen molar-refractivity contribution in [3.8, 4) is 0 Å². The van der Waals surface area contributed by atoms with Gasteiger partial charge >= 0.3 is 0 Å². The molecule has 1 aliphatic carbocycles. The van der Waals surface area contributed by atoms with Crippen LogP contribution < -0.4 is 10.6 Å². The number of aromatic nitrogens is 2. The normalized spacial score (nSPS) is 20.6. The Hall–Kier alpha value is -2.10. The van der Waals surface area contributed by atoms with Crippen LogP contribution in [0, 0.1) is 25.7 Å².